The zero-order valence-corrected chi connectivity index (χ0v) is 16.6. The van der Waals surface area contributed by atoms with Crippen LogP contribution in [0.4, 0.5) is 0 Å². The molecule has 1 heterocycles. The molecule has 0 atom stereocenters. The lowest BCUT2D eigenvalue weighted by Gasteiger charge is -2.13. The quantitative estimate of drug-likeness (QED) is 0.339. The minimum absolute atomic E-state index is 0.0785. The lowest BCUT2D eigenvalue weighted by atomic mass is 10.1. The predicted molar refractivity (Wildman–Crippen MR) is 110 cm³/mol. The number of fused-ring (bicyclic) bond motifs is 1. The second kappa shape index (κ2) is 9.10. The lowest BCUT2D eigenvalue weighted by Crippen LogP contribution is -2.06. The summed E-state index contributed by atoms with van der Waals surface area (Å²) in [6.07, 6.45) is 2.99. The normalized spacial score (nSPS) is 11.0. The van der Waals surface area contributed by atoms with Crippen LogP contribution in [-0.2, 0) is 16.1 Å². The monoisotopic (exact) mass is 394 g/mol. The number of esters is 1. The van der Waals surface area contributed by atoms with Crippen molar-refractivity contribution in [1.82, 2.24) is 0 Å². The Balaban J connectivity index is 1.81. The molecule has 6 heteroatoms. The second-order valence-electron chi connectivity index (χ2n) is 6.31. The molecule has 0 spiro atoms. The highest BCUT2D eigenvalue weighted by Crippen LogP contribution is 2.30. The van der Waals surface area contributed by atoms with Gasteiger partial charge in [0.15, 0.2) is 0 Å². The highest BCUT2D eigenvalue weighted by Gasteiger charge is 2.15. The molecule has 0 aliphatic rings. The standard InChI is InChI=1S/C23H22O6/c1-4-27-20-11-10-18-15(2)13-22(25)29-23(18)19(20)14-28-21(24)12-7-16-5-8-17(26-3)9-6-16/h5-13H,4,14H2,1-3H3/b12-7+. The Kier molecular flexibility index (Phi) is 6.34. The van der Waals surface area contributed by atoms with Gasteiger partial charge in [-0.15, -0.1) is 0 Å². The average Bonchev–Trinajstić information content (AvgIpc) is 2.71. The van der Waals surface area contributed by atoms with Crippen LogP contribution in [-0.4, -0.2) is 19.7 Å². The van der Waals surface area contributed by atoms with Crippen molar-refractivity contribution < 1.29 is 23.4 Å². The van der Waals surface area contributed by atoms with E-state index in [-0.39, 0.29) is 6.61 Å². The summed E-state index contributed by atoms with van der Waals surface area (Å²) in [5.41, 5.74) is 2.05. The molecule has 6 nitrogen and oxygen atoms in total. The largest absolute Gasteiger partial charge is 0.497 e. The van der Waals surface area contributed by atoms with E-state index < -0.39 is 11.6 Å². The van der Waals surface area contributed by atoms with Crippen molar-refractivity contribution in [2.24, 2.45) is 0 Å². The summed E-state index contributed by atoms with van der Waals surface area (Å²) in [5, 5.41) is 0.771. The topological polar surface area (TPSA) is 75.0 Å². The van der Waals surface area contributed by atoms with E-state index in [9.17, 15) is 9.59 Å². The summed E-state index contributed by atoms with van der Waals surface area (Å²) in [7, 11) is 1.59. The van der Waals surface area contributed by atoms with Gasteiger partial charge in [0.2, 0.25) is 0 Å². The van der Waals surface area contributed by atoms with Gasteiger partial charge in [-0.1, -0.05) is 12.1 Å². The zero-order valence-electron chi connectivity index (χ0n) is 16.6. The Morgan fingerprint density at radius 3 is 2.59 bits per heavy atom. The third-order valence-electron chi connectivity index (χ3n) is 4.37. The van der Waals surface area contributed by atoms with E-state index in [2.05, 4.69) is 0 Å². The summed E-state index contributed by atoms with van der Waals surface area (Å²) in [4.78, 5) is 24.0. The highest BCUT2D eigenvalue weighted by molar-refractivity contribution is 5.88. The van der Waals surface area contributed by atoms with Gasteiger partial charge in [-0.2, -0.15) is 0 Å². The minimum atomic E-state index is -0.518. The van der Waals surface area contributed by atoms with Crippen LogP contribution in [0.5, 0.6) is 11.5 Å². The van der Waals surface area contributed by atoms with Crippen molar-refractivity contribution in [3.05, 3.63) is 75.7 Å². The maximum Gasteiger partial charge on any atom is 0.336 e. The molecule has 0 fully saturated rings. The van der Waals surface area contributed by atoms with Crippen LogP contribution in [0.15, 0.2) is 57.8 Å². The van der Waals surface area contributed by atoms with Gasteiger partial charge in [0, 0.05) is 17.5 Å². The first-order chi connectivity index (χ1) is 14.0. The number of carbonyl (C=O) groups excluding carboxylic acids is 1. The second-order valence-corrected chi connectivity index (χ2v) is 6.31. The van der Waals surface area contributed by atoms with Crippen LogP contribution in [0.3, 0.4) is 0 Å². The molecule has 0 bridgehead atoms. The Morgan fingerprint density at radius 1 is 1.14 bits per heavy atom. The molecule has 0 unspecified atom stereocenters. The van der Waals surface area contributed by atoms with Crippen LogP contribution in [0.2, 0.25) is 0 Å². The van der Waals surface area contributed by atoms with Crippen molar-refractivity contribution in [1.29, 1.82) is 0 Å². The molecular formula is C23H22O6. The molecule has 29 heavy (non-hydrogen) atoms. The average molecular weight is 394 g/mol. The first-order valence-electron chi connectivity index (χ1n) is 9.20. The summed E-state index contributed by atoms with van der Waals surface area (Å²) in [5.74, 6) is 0.733. The minimum Gasteiger partial charge on any atom is -0.497 e. The Hall–Kier alpha value is -3.54. The van der Waals surface area contributed by atoms with E-state index >= 15 is 0 Å². The van der Waals surface area contributed by atoms with Crippen molar-refractivity contribution in [2.75, 3.05) is 13.7 Å². The van der Waals surface area contributed by atoms with E-state index in [1.807, 2.05) is 32.0 Å². The molecule has 0 radical (unpaired) electrons. The van der Waals surface area contributed by atoms with E-state index in [0.29, 0.717) is 23.5 Å². The molecule has 0 amide bonds. The molecule has 3 rings (SSSR count). The van der Waals surface area contributed by atoms with Gasteiger partial charge in [-0.25, -0.2) is 9.59 Å². The van der Waals surface area contributed by atoms with E-state index in [0.717, 1.165) is 22.3 Å². The first kappa shape index (κ1) is 20.2. The molecule has 3 aromatic rings. The number of hydrogen-bond donors (Lipinski definition) is 0. The van der Waals surface area contributed by atoms with Gasteiger partial charge in [0.05, 0.1) is 19.3 Å². The van der Waals surface area contributed by atoms with Crippen molar-refractivity contribution in [2.45, 2.75) is 20.5 Å². The van der Waals surface area contributed by atoms with Gasteiger partial charge in [-0.3, -0.25) is 0 Å². The molecule has 2 aromatic carbocycles. The number of methoxy groups -OCH3 is 1. The molecule has 1 aromatic heterocycles. The van der Waals surface area contributed by atoms with Gasteiger partial charge in [-0.05, 0) is 55.3 Å². The lowest BCUT2D eigenvalue weighted by molar-refractivity contribution is -0.138. The third kappa shape index (κ3) is 4.85. The van der Waals surface area contributed by atoms with Gasteiger partial charge in [0.25, 0.3) is 0 Å². The highest BCUT2D eigenvalue weighted by atomic mass is 16.5. The molecule has 0 saturated carbocycles. The van der Waals surface area contributed by atoms with Crippen LogP contribution < -0.4 is 15.1 Å². The van der Waals surface area contributed by atoms with Crippen LogP contribution in [0.25, 0.3) is 17.0 Å². The number of hydrogen-bond acceptors (Lipinski definition) is 6. The molecule has 150 valence electrons. The fourth-order valence-corrected chi connectivity index (χ4v) is 2.92. The summed E-state index contributed by atoms with van der Waals surface area (Å²) in [6, 6.07) is 12.3. The maximum atomic E-state index is 12.2. The number of aryl methyl sites for hydroxylation is 1. The molecule has 0 N–H and O–H groups in total. The Morgan fingerprint density at radius 2 is 1.90 bits per heavy atom. The fourth-order valence-electron chi connectivity index (χ4n) is 2.92. The van der Waals surface area contributed by atoms with Gasteiger partial charge < -0.3 is 18.6 Å². The van der Waals surface area contributed by atoms with E-state index in [1.54, 1.807) is 31.4 Å². The number of ether oxygens (including phenoxy) is 3. The number of rotatable bonds is 7. The summed E-state index contributed by atoms with van der Waals surface area (Å²) >= 11 is 0. The Bertz CT molecular complexity index is 1090. The predicted octanol–water partition coefficient (Wildman–Crippen LogP) is 4.27. The number of carbonyl (C=O) groups is 1. The summed E-state index contributed by atoms with van der Waals surface area (Å²) in [6.45, 7) is 4.03. The summed E-state index contributed by atoms with van der Waals surface area (Å²) < 4.78 is 21.5. The van der Waals surface area contributed by atoms with Gasteiger partial charge in [0.1, 0.15) is 23.7 Å². The molecular weight excluding hydrogens is 372 g/mol. The van der Waals surface area contributed by atoms with Gasteiger partial charge >= 0.3 is 11.6 Å². The SMILES string of the molecule is CCOc1ccc2c(C)cc(=O)oc2c1COC(=O)/C=C/c1ccc(OC)cc1. The van der Waals surface area contributed by atoms with Crippen molar-refractivity contribution >= 4 is 23.0 Å². The fraction of sp³-hybridized carbons (Fsp3) is 0.217. The molecule has 0 saturated heterocycles. The van der Waals surface area contributed by atoms with Crippen LogP contribution in [0, 0.1) is 6.92 Å². The van der Waals surface area contributed by atoms with Crippen LogP contribution >= 0.6 is 0 Å². The van der Waals surface area contributed by atoms with Crippen LogP contribution in [0.1, 0.15) is 23.6 Å². The molecule has 0 aliphatic carbocycles. The smallest absolute Gasteiger partial charge is 0.336 e. The van der Waals surface area contributed by atoms with Crippen molar-refractivity contribution in [3.63, 3.8) is 0 Å². The molecule has 0 aliphatic heterocycles. The Labute approximate surface area is 168 Å². The third-order valence-corrected chi connectivity index (χ3v) is 4.37. The van der Waals surface area contributed by atoms with Crippen molar-refractivity contribution in [3.8, 4) is 11.5 Å². The van der Waals surface area contributed by atoms with E-state index in [4.69, 9.17) is 18.6 Å². The maximum absolute atomic E-state index is 12.2. The first-order valence-corrected chi connectivity index (χ1v) is 9.20. The number of benzene rings is 2. The van der Waals surface area contributed by atoms with E-state index in [1.165, 1.54) is 12.1 Å². The zero-order chi connectivity index (χ0) is 20.8.